The molecule has 26 heavy (non-hydrogen) atoms. The van der Waals surface area contributed by atoms with Gasteiger partial charge in [-0.25, -0.2) is 27.3 Å². The molecule has 1 aromatic heterocycles. The Labute approximate surface area is 149 Å². The monoisotopic (exact) mass is 438 g/mol. The van der Waals surface area contributed by atoms with Crippen molar-refractivity contribution in [2.75, 3.05) is 5.75 Å². The van der Waals surface area contributed by atoms with Gasteiger partial charge in [-0.05, 0) is 0 Å². The first-order valence-corrected chi connectivity index (χ1v) is 10.3. The van der Waals surface area contributed by atoms with E-state index in [1.54, 1.807) is 0 Å². The van der Waals surface area contributed by atoms with E-state index in [4.69, 9.17) is 20.5 Å². The molecule has 0 radical (unpaired) electrons. The molecule has 2 rings (SSSR count). The third-order valence-corrected chi connectivity index (χ3v) is 8.40. The lowest BCUT2D eigenvalue weighted by atomic mass is 10.0. The van der Waals surface area contributed by atoms with Gasteiger partial charge < -0.3 is 40.9 Å². The van der Waals surface area contributed by atoms with E-state index >= 15 is 0 Å². The number of thiophene rings is 1. The van der Waals surface area contributed by atoms with Crippen LogP contribution in [0.1, 0.15) is 11.6 Å². The zero-order chi connectivity index (χ0) is 20.5. The van der Waals surface area contributed by atoms with E-state index in [1.807, 2.05) is 0 Å². The fourth-order valence-electron chi connectivity index (χ4n) is 2.22. The van der Waals surface area contributed by atoms with Gasteiger partial charge in [0.25, 0.3) is 10.0 Å². The van der Waals surface area contributed by atoms with Crippen LogP contribution in [0.5, 0.6) is 5.75 Å². The number of aromatic hydroxyl groups is 1. The number of nitrogens with one attached hydrogen (secondary N) is 1. The molecule has 0 saturated carbocycles. The van der Waals surface area contributed by atoms with Crippen molar-refractivity contribution in [3.05, 3.63) is 5.56 Å². The van der Waals surface area contributed by atoms with Crippen LogP contribution in [0.15, 0.2) is 8.42 Å². The maximum atomic E-state index is 12.1. The molecule has 1 unspecified atom stereocenters. The standard InChI is InChI=1S/C9H14N2O12S3/c10-26(22,23)6-3(12)2-4(11-8(15,16)9(17,18)19)7(13,14)1-25(20,21)5(2)24-6/h4,11-19H,1H2,(H2,10,22,23). The Morgan fingerprint density at radius 2 is 1.69 bits per heavy atom. The van der Waals surface area contributed by atoms with Crippen LogP contribution in [0.2, 0.25) is 0 Å². The summed E-state index contributed by atoms with van der Waals surface area (Å²) >= 11 is -0.0501. The van der Waals surface area contributed by atoms with E-state index in [9.17, 15) is 42.4 Å². The molecule has 150 valence electrons. The zero-order valence-corrected chi connectivity index (χ0v) is 14.7. The molecule has 0 saturated heterocycles. The Balaban J connectivity index is 2.78. The Hall–Kier alpha value is -0.960. The van der Waals surface area contributed by atoms with Crippen LogP contribution in [0.3, 0.4) is 0 Å². The van der Waals surface area contributed by atoms with Gasteiger partial charge in [0.1, 0.15) is 9.96 Å². The lowest BCUT2D eigenvalue weighted by molar-refractivity contribution is -0.460. The number of fused-ring (bicyclic) bond motifs is 1. The van der Waals surface area contributed by atoms with E-state index in [1.165, 1.54) is 5.32 Å². The van der Waals surface area contributed by atoms with Gasteiger partial charge in [0.2, 0.25) is 0 Å². The molecule has 14 nitrogen and oxygen atoms in total. The molecule has 0 spiro atoms. The zero-order valence-electron chi connectivity index (χ0n) is 12.3. The highest BCUT2D eigenvalue weighted by molar-refractivity contribution is 7.95. The summed E-state index contributed by atoms with van der Waals surface area (Å²) in [7, 11) is -9.26. The predicted octanol–water partition coefficient (Wildman–Crippen LogP) is -5.53. The summed E-state index contributed by atoms with van der Waals surface area (Å²) in [6, 6.07) is -2.42. The van der Waals surface area contributed by atoms with E-state index in [0.717, 1.165) is 0 Å². The lowest BCUT2D eigenvalue weighted by Gasteiger charge is -2.40. The van der Waals surface area contributed by atoms with Crippen LogP contribution in [0, 0.1) is 0 Å². The minimum absolute atomic E-state index is 0.0501. The fourth-order valence-corrected chi connectivity index (χ4v) is 6.51. The highest BCUT2D eigenvalue weighted by atomic mass is 32.3. The maximum absolute atomic E-state index is 12.1. The second kappa shape index (κ2) is 5.77. The lowest BCUT2D eigenvalue weighted by Crippen LogP contribution is -2.67. The summed E-state index contributed by atoms with van der Waals surface area (Å²) in [5.74, 6) is -14.6. The van der Waals surface area contributed by atoms with Crippen molar-refractivity contribution in [1.82, 2.24) is 5.32 Å². The van der Waals surface area contributed by atoms with Crippen LogP contribution in [-0.4, -0.2) is 81.1 Å². The van der Waals surface area contributed by atoms with Gasteiger partial charge >= 0.3 is 11.9 Å². The molecule has 0 amide bonds. The van der Waals surface area contributed by atoms with Gasteiger partial charge in [0.05, 0.1) is 6.04 Å². The number of hydrogen-bond donors (Lipinski definition) is 10. The van der Waals surface area contributed by atoms with E-state index in [0.29, 0.717) is 0 Å². The normalized spacial score (nSPS) is 22.8. The Kier molecular flexibility index (Phi) is 4.73. The number of rotatable bonds is 4. The van der Waals surface area contributed by atoms with Gasteiger partial charge in [0.15, 0.2) is 25.6 Å². The first-order chi connectivity index (χ1) is 11.3. The van der Waals surface area contributed by atoms with Crippen LogP contribution >= 0.6 is 11.3 Å². The second-order valence-corrected chi connectivity index (χ2v) is 10.5. The van der Waals surface area contributed by atoms with Crippen LogP contribution in [-0.2, 0) is 19.9 Å². The molecular formula is C9H14N2O12S3. The Morgan fingerprint density at radius 1 is 1.19 bits per heavy atom. The molecule has 0 bridgehead atoms. The molecule has 1 aliphatic heterocycles. The molecule has 0 aliphatic carbocycles. The molecule has 0 aromatic carbocycles. The Morgan fingerprint density at radius 3 is 2.12 bits per heavy atom. The average molecular weight is 438 g/mol. The Bertz CT molecular complexity index is 939. The number of sulfone groups is 1. The minimum Gasteiger partial charge on any atom is -0.505 e. The summed E-state index contributed by atoms with van der Waals surface area (Å²) < 4.78 is 45.2. The van der Waals surface area contributed by atoms with Crippen LogP contribution in [0.25, 0.3) is 0 Å². The quantitative estimate of drug-likeness (QED) is 0.197. The number of sulfonamides is 1. The summed E-state index contributed by atoms with van der Waals surface area (Å²) in [5, 5.41) is 81.6. The predicted molar refractivity (Wildman–Crippen MR) is 79.0 cm³/mol. The van der Waals surface area contributed by atoms with E-state index < -0.39 is 69.1 Å². The average Bonchev–Trinajstić information content (AvgIpc) is 2.70. The van der Waals surface area contributed by atoms with Crippen molar-refractivity contribution in [2.45, 2.75) is 32.1 Å². The molecule has 2 heterocycles. The van der Waals surface area contributed by atoms with Crippen molar-refractivity contribution in [2.24, 2.45) is 5.14 Å². The summed E-state index contributed by atoms with van der Waals surface area (Å²) in [5.41, 5.74) is -1.05. The molecular weight excluding hydrogens is 424 g/mol. The number of primary sulfonamides is 1. The SMILES string of the molecule is NS(=O)(=O)c1sc2c(c1O)C(NC(O)(O)C(O)(O)O)C(O)(O)CS2(=O)=O. The first kappa shape index (κ1) is 21.3. The van der Waals surface area contributed by atoms with E-state index in [2.05, 4.69) is 0 Å². The summed E-state index contributed by atoms with van der Waals surface area (Å²) in [6.45, 7) is 0. The largest absolute Gasteiger partial charge is 0.505 e. The maximum Gasteiger partial charge on any atom is 0.348 e. The summed E-state index contributed by atoms with van der Waals surface area (Å²) in [6.07, 6.45) is 0. The van der Waals surface area contributed by atoms with Crippen LogP contribution in [0.4, 0.5) is 0 Å². The number of hydrogen-bond acceptors (Lipinski definition) is 14. The van der Waals surface area contributed by atoms with Crippen molar-refractivity contribution in [3.8, 4) is 5.75 Å². The first-order valence-electron chi connectivity index (χ1n) is 6.27. The van der Waals surface area contributed by atoms with Crippen molar-refractivity contribution in [3.63, 3.8) is 0 Å². The molecule has 17 heteroatoms. The van der Waals surface area contributed by atoms with Crippen LogP contribution < -0.4 is 10.5 Å². The third kappa shape index (κ3) is 3.44. The van der Waals surface area contributed by atoms with Crippen molar-refractivity contribution < 1.29 is 57.7 Å². The molecule has 1 atom stereocenters. The van der Waals surface area contributed by atoms with Crippen molar-refractivity contribution in [1.29, 1.82) is 0 Å². The van der Waals surface area contributed by atoms with Gasteiger partial charge in [0, 0.05) is 5.56 Å². The van der Waals surface area contributed by atoms with E-state index in [-0.39, 0.29) is 11.3 Å². The highest BCUT2D eigenvalue weighted by Crippen LogP contribution is 2.50. The van der Waals surface area contributed by atoms with Gasteiger partial charge in [-0.15, -0.1) is 11.3 Å². The molecule has 0 fully saturated rings. The van der Waals surface area contributed by atoms with Gasteiger partial charge in [-0.1, -0.05) is 0 Å². The van der Waals surface area contributed by atoms with Crippen molar-refractivity contribution >= 4 is 31.2 Å². The van der Waals surface area contributed by atoms with Gasteiger partial charge in [-0.2, -0.15) is 0 Å². The second-order valence-electron chi connectivity index (χ2n) is 5.51. The third-order valence-electron chi connectivity index (χ3n) is 3.36. The fraction of sp³-hybridized carbons (Fsp3) is 0.556. The topological polar surface area (TPSA) is 268 Å². The van der Waals surface area contributed by atoms with Gasteiger partial charge in [-0.3, -0.25) is 0 Å². The summed E-state index contributed by atoms with van der Waals surface area (Å²) in [4.78, 5) is 0. The smallest absolute Gasteiger partial charge is 0.348 e. The highest BCUT2D eigenvalue weighted by Gasteiger charge is 2.57. The minimum atomic E-state index is -4.67. The molecule has 11 N–H and O–H groups in total. The number of nitrogens with two attached hydrogens (primary N) is 1. The molecule has 1 aliphatic rings. The number of aliphatic hydroxyl groups is 7. The molecule has 1 aromatic rings.